The molecule has 0 aromatic carbocycles. The van der Waals surface area contributed by atoms with Crippen molar-refractivity contribution < 1.29 is 9.72 Å². The molecule has 2 aliphatic rings. The van der Waals surface area contributed by atoms with Gasteiger partial charge in [0.05, 0.1) is 6.10 Å². The summed E-state index contributed by atoms with van der Waals surface area (Å²) in [5.74, 6) is 1.88. The first-order chi connectivity index (χ1) is 11.5. The molecule has 0 bridgehead atoms. The van der Waals surface area contributed by atoms with Gasteiger partial charge < -0.3 is 4.74 Å². The molecule has 1 atom stereocenters. The van der Waals surface area contributed by atoms with Gasteiger partial charge in [-0.3, -0.25) is 5.32 Å². The molecular formula is C19H28N3OS+. The van der Waals surface area contributed by atoms with Crippen LogP contribution in [-0.4, -0.2) is 24.0 Å². The molecule has 1 fully saturated rings. The molecule has 4 nitrogen and oxygen atoms in total. The van der Waals surface area contributed by atoms with Crippen LogP contribution >= 0.6 is 11.8 Å². The summed E-state index contributed by atoms with van der Waals surface area (Å²) < 4.78 is 5.90. The number of thioether (sulfide) groups is 1. The van der Waals surface area contributed by atoms with E-state index in [4.69, 9.17) is 4.74 Å². The largest absolute Gasteiger partial charge is 0.374 e. The van der Waals surface area contributed by atoms with Gasteiger partial charge in [-0.1, -0.05) is 20.8 Å². The lowest BCUT2D eigenvalue weighted by Gasteiger charge is -2.32. The van der Waals surface area contributed by atoms with Crippen LogP contribution in [0.1, 0.15) is 62.4 Å². The van der Waals surface area contributed by atoms with Gasteiger partial charge in [0.1, 0.15) is 23.9 Å². The van der Waals surface area contributed by atoms with Gasteiger partial charge in [0.25, 0.3) is 5.82 Å². The second kappa shape index (κ2) is 7.33. The number of ether oxygens (including phenoxy) is 1. The summed E-state index contributed by atoms with van der Waals surface area (Å²) in [6.07, 6.45) is 5.60. The average molecular weight is 347 g/mol. The van der Waals surface area contributed by atoms with Gasteiger partial charge in [-0.15, -0.1) is 0 Å². The number of H-pyrrole nitrogens is 1. The Bertz CT molecular complexity index is 645. The molecule has 0 unspecified atom stereocenters. The van der Waals surface area contributed by atoms with Crippen molar-refractivity contribution >= 4 is 17.6 Å². The highest BCUT2D eigenvalue weighted by atomic mass is 32.2. The Morgan fingerprint density at radius 1 is 1.42 bits per heavy atom. The lowest BCUT2D eigenvalue weighted by molar-refractivity contribution is -0.375. The number of rotatable bonds is 5. The molecule has 0 aliphatic carbocycles. The predicted octanol–water partition coefficient (Wildman–Crippen LogP) is 3.48. The van der Waals surface area contributed by atoms with E-state index < -0.39 is 0 Å². The van der Waals surface area contributed by atoms with Crippen molar-refractivity contribution in [1.29, 1.82) is 5.26 Å². The topological polar surface area (TPSA) is 59.2 Å². The number of nitrogens with one attached hydrogen (secondary N) is 2. The highest BCUT2D eigenvalue weighted by Gasteiger charge is 2.33. The molecule has 130 valence electrons. The average Bonchev–Trinajstić information content (AvgIpc) is 3.05. The quantitative estimate of drug-likeness (QED) is 0.887. The van der Waals surface area contributed by atoms with E-state index in [1.54, 1.807) is 0 Å². The Morgan fingerprint density at radius 3 is 2.92 bits per heavy atom. The number of pyridine rings is 1. The van der Waals surface area contributed by atoms with E-state index in [9.17, 15) is 5.26 Å². The standard InChI is InChI=1S/C19H27N3OS/c1-4-6-17-16-12-24-19(2,3)9-14(16)15(10-20)18(22-17)21-11-13-7-5-8-23-13/h13H,4-9,11-12H2,1-3H3,(H,21,22)/p+1/t13-/m0/s1. The Labute approximate surface area is 149 Å². The van der Waals surface area contributed by atoms with Gasteiger partial charge in [0, 0.05) is 29.1 Å². The number of hydrogen-bond donors (Lipinski definition) is 1. The van der Waals surface area contributed by atoms with E-state index in [-0.39, 0.29) is 10.9 Å². The molecule has 2 aliphatic heterocycles. The van der Waals surface area contributed by atoms with Gasteiger partial charge in [-0.2, -0.15) is 17.0 Å². The number of aromatic nitrogens is 1. The second-order valence-electron chi connectivity index (χ2n) is 7.41. The normalized spacial score (nSPS) is 22.0. The van der Waals surface area contributed by atoms with E-state index >= 15 is 0 Å². The molecule has 24 heavy (non-hydrogen) atoms. The summed E-state index contributed by atoms with van der Waals surface area (Å²) in [6.45, 7) is 8.39. The van der Waals surface area contributed by atoms with Crippen molar-refractivity contribution in [2.75, 3.05) is 18.5 Å². The number of hydrogen-bond acceptors (Lipinski definition) is 4. The smallest absolute Gasteiger partial charge is 0.290 e. The van der Waals surface area contributed by atoms with Crippen LogP contribution < -0.4 is 10.3 Å². The maximum absolute atomic E-state index is 9.81. The fourth-order valence-corrected chi connectivity index (χ4v) is 4.76. The number of anilines is 1. The Balaban J connectivity index is 1.95. The molecule has 0 radical (unpaired) electrons. The van der Waals surface area contributed by atoms with E-state index in [0.717, 1.165) is 62.4 Å². The van der Waals surface area contributed by atoms with E-state index in [1.807, 2.05) is 11.8 Å². The second-order valence-corrected chi connectivity index (χ2v) is 9.10. The maximum atomic E-state index is 9.81. The zero-order valence-corrected chi connectivity index (χ0v) is 15.8. The fraction of sp³-hybridized carbons (Fsp3) is 0.684. The molecular weight excluding hydrogens is 318 g/mol. The van der Waals surface area contributed by atoms with Crippen LogP contribution in [0.2, 0.25) is 0 Å². The van der Waals surface area contributed by atoms with Crippen molar-refractivity contribution in [1.82, 2.24) is 0 Å². The van der Waals surface area contributed by atoms with Gasteiger partial charge in [-0.25, -0.2) is 4.98 Å². The van der Waals surface area contributed by atoms with Crippen molar-refractivity contribution in [2.24, 2.45) is 0 Å². The SMILES string of the molecule is CCCc1[nH+]c(NC[C@@H]2CCCO2)c(C#N)c2c1CSC(C)(C)C2. The van der Waals surface area contributed by atoms with E-state index in [2.05, 4.69) is 37.1 Å². The van der Waals surface area contributed by atoms with E-state index in [1.165, 1.54) is 16.8 Å². The molecule has 1 saturated heterocycles. The van der Waals surface area contributed by atoms with Gasteiger partial charge in [0.15, 0.2) is 0 Å². The van der Waals surface area contributed by atoms with Crippen molar-refractivity contribution in [3.63, 3.8) is 0 Å². The number of nitriles is 1. The van der Waals surface area contributed by atoms with E-state index in [0.29, 0.717) is 0 Å². The van der Waals surface area contributed by atoms with Gasteiger partial charge in [0.2, 0.25) is 0 Å². The minimum atomic E-state index is 0.190. The monoisotopic (exact) mass is 346 g/mol. The number of fused-ring (bicyclic) bond motifs is 1. The Kier molecular flexibility index (Phi) is 5.36. The van der Waals surface area contributed by atoms with Crippen LogP contribution in [0.25, 0.3) is 0 Å². The molecule has 1 aromatic heterocycles. The third-order valence-electron chi connectivity index (χ3n) is 4.91. The number of aryl methyl sites for hydroxylation is 1. The third kappa shape index (κ3) is 3.70. The highest BCUT2D eigenvalue weighted by Crippen LogP contribution is 2.41. The minimum Gasteiger partial charge on any atom is -0.374 e. The number of nitrogens with zero attached hydrogens (tertiary/aromatic N) is 1. The van der Waals surface area contributed by atoms with Gasteiger partial charge >= 0.3 is 0 Å². The molecule has 0 spiro atoms. The summed E-state index contributed by atoms with van der Waals surface area (Å²) in [5.41, 5.74) is 4.71. The molecule has 2 N–H and O–H groups in total. The summed E-state index contributed by atoms with van der Waals surface area (Å²) in [6, 6.07) is 2.46. The summed E-state index contributed by atoms with van der Waals surface area (Å²) in [7, 11) is 0. The third-order valence-corrected chi connectivity index (χ3v) is 6.27. The van der Waals surface area contributed by atoms with Crippen LogP contribution in [0.15, 0.2) is 0 Å². The minimum absolute atomic E-state index is 0.190. The fourth-order valence-electron chi connectivity index (χ4n) is 3.63. The Hall–Kier alpha value is -1.25. The molecule has 5 heteroatoms. The highest BCUT2D eigenvalue weighted by molar-refractivity contribution is 7.99. The first-order valence-electron chi connectivity index (χ1n) is 9.03. The van der Waals surface area contributed by atoms with Crippen molar-refractivity contribution in [2.45, 2.75) is 69.5 Å². The summed E-state index contributed by atoms with van der Waals surface area (Å²) in [5, 5.41) is 13.3. The van der Waals surface area contributed by atoms with Crippen LogP contribution in [0.4, 0.5) is 5.82 Å². The molecule has 0 amide bonds. The number of aromatic amines is 1. The van der Waals surface area contributed by atoms with Crippen LogP contribution in [-0.2, 0) is 23.3 Å². The zero-order valence-electron chi connectivity index (χ0n) is 15.0. The molecule has 3 heterocycles. The van der Waals surface area contributed by atoms with Crippen molar-refractivity contribution in [3.05, 3.63) is 22.4 Å². The predicted molar refractivity (Wildman–Crippen MR) is 98.2 cm³/mol. The Morgan fingerprint density at radius 2 is 2.25 bits per heavy atom. The molecule has 3 rings (SSSR count). The van der Waals surface area contributed by atoms with Gasteiger partial charge in [-0.05, 0) is 31.2 Å². The summed E-state index contributed by atoms with van der Waals surface area (Å²) in [4.78, 5) is 3.54. The molecule has 0 saturated carbocycles. The first-order valence-corrected chi connectivity index (χ1v) is 10.0. The zero-order chi connectivity index (χ0) is 17.2. The van der Waals surface area contributed by atoms with Crippen LogP contribution in [0, 0.1) is 11.3 Å². The first kappa shape index (κ1) is 17.6. The lowest BCUT2D eigenvalue weighted by atomic mass is 9.91. The van der Waals surface area contributed by atoms with Crippen LogP contribution in [0.3, 0.4) is 0 Å². The summed E-state index contributed by atoms with van der Waals surface area (Å²) >= 11 is 1.99. The molecule has 1 aromatic rings. The lowest BCUT2D eigenvalue weighted by Crippen LogP contribution is -2.32. The van der Waals surface area contributed by atoms with Crippen molar-refractivity contribution in [3.8, 4) is 6.07 Å². The van der Waals surface area contributed by atoms with Crippen LogP contribution in [0.5, 0.6) is 0 Å². The maximum Gasteiger partial charge on any atom is 0.290 e.